The highest BCUT2D eigenvalue weighted by Crippen LogP contribution is 2.04. The standard InChI is InChI=1S/C14H15N3O5/c1-9-16-17-12(22-9)7-11(13(18)19)15-14(20)21-8-10-5-3-2-4-6-10/h2-6,11H,7-8H2,1H3,(H,15,20)(H,18,19)/t11-/m0/s1. The maximum atomic E-state index is 11.7. The number of hydrogen-bond acceptors (Lipinski definition) is 6. The van der Waals surface area contributed by atoms with Gasteiger partial charge in [-0.1, -0.05) is 30.3 Å². The van der Waals surface area contributed by atoms with Crippen molar-refractivity contribution >= 4 is 12.1 Å². The number of nitrogens with zero attached hydrogens (tertiary/aromatic N) is 2. The van der Waals surface area contributed by atoms with Crippen LogP contribution in [0, 0.1) is 6.92 Å². The molecule has 0 aliphatic rings. The van der Waals surface area contributed by atoms with Crippen LogP contribution < -0.4 is 5.32 Å². The zero-order valence-corrected chi connectivity index (χ0v) is 11.9. The lowest BCUT2D eigenvalue weighted by atomic mass is 10.2. The van der Waals surface area contributed by atoms with Crippen LogP contribution in [-0.4, -0.2) is 33.4 Å². The summed E-state index contributed by atoms with van der Waals surface area (Å²) in [6.07, 6.45) is -0.941. The van der Waals surface area contributed by atoms with Crippen molar-refractivity contribution in [2.75, 3.05) is 0 Å². The maximum Gasteiger partial charge on any atom is 0.408 e. The number of benzene rings is 1. The van der Waals surface area contributed by atoms with Gasteiger partial charge in [0.05, 0.1) is 6.42 Å². The van der Waals surface area contributed by atoms with Crippen LogP contribution in [0.15, 0.2) is 34.7 Å². The molecule has 22 heavy (non-hydrogen) atoms. The summed E-state index contributed by atoms with van der Waals surface area (Å²) in [5.74, 6) is -0.758. The summed E-state index contributed by atoms with van der Waals surface area (Å²) >= 11 is 0. The Morgan fingerprint density at radius 2 is 2.05 bits per heavy atom. The Kier molecular flexibility index (Phi) is 5.07. The Morgan fingerprint density at radius 1 is 1.32 bits per heavy atom. The number of ether oxygens (including phenoxy) is 1. The number of aryl methyl sites for hydroxylation is 1. The van der Waals surface area contributed by atoms with Crippen molar-refractivity contribution in [3.63, 3.8) is 0 Å². The van der Waals surface area contributed by atoms with Crippen LogP contribution in [0.4, 0.5) is 4.79 Å². The number of aromatic nitrogens is 2. The van der Waals surface area contributed by atoms with Crippen molar-refractivity contribution in [3.05, 3.63) is 47.7 Å². The van der Waals surface area contributed by atoms with Crippen LogP contribution in [0.5, 0.6) is 0 Å². The Hall–Kier alpha value is -2.90. The molecular weight excluding hydrogens is 290 g/mol. The van der Waals surface area contributed by atoms with E-state index in [1.807, 2.05) is 18.2 Å². The van der Waals surface area contributed by atoms with Gasteiger partial charge in [-0.3, -0.25) is 0 Å². The molecule has 8 heteroatoms. The fraction of sp³-hybridized carbons (Fsp3) is 0.286. The van der Waals surface area contributed by atoms with E-state index in [2.05, 4.69) is 15.5 Å². The van der Waals surface area contributed by atoms with Crippen LogP contribution >= 0.6 is 0 Å². The summed E-state index contributed by atoms with van der Waals surface area (Å²) < 4.78 is 10.1. The Balaban J connectivity index is 1.87. The van der Waals surface area contributed by atoms with Gasteiger partial charge in [-0.2, -0.15) is 0 Å². The monoisotopic (exact) mass is 305 g/mol. The molecule has 1 atom stereocenters. The van der Waals surface area contributed by atoms with E-state index in [9.17, 15) is 9.59 Å². The molecule has 0 fully saturated rings. The number of nitrogens with one attached hydrogen (secondary N) is 1. The topological polar surface area (TPSA) is 115 Å². The molecule has 8 nitrogen and oxygen atoms in total. The van der Waals surface area contributed by atoms with E-state index in [1.54, 1.807) is 19.1 Å². The molecule has 1 amide bonds. The molecule has 0 aliphatic heterocycles. The van der Waals surface area contributed by atoms with Crippen molar-refractivity contribution in [3.8, 4) is 0 Å². The SMILES string of the molecule is Cc1nnc(C[C@H](NC(=O)OCc2ccccc2)C(=O)O)o1. The first-order chi connectivity index (χ1) is 10.5. The number of rotatable bonds is 6. The van der Waals surface area contributed by atoms with Crippen LogP contribution in [0.2, 0.25) is 0 Å². The minimum Gasteiger partial charge on any atom is -0.480 e. The molecule has 1 heterocycles. The van der Waals surface area contributed by atoms with E-state index < -0.39 is 18.1 Å². The van der Waals surface area contributed by atoms with E-state index in [4.69, 9.17) is 14.3 Å². The number of carbonyl (C=O) groups excluding carboxylic acids is 1. The zero-order chi connectivity index (χ0) is 15.9. The zero-order valence-electron chi connectivity index (χ0n) is 11.9. The highest BCUT2D eigenvalue weighted by molar-refractivity contribution is 5.80. The van der Waals surface area contributed by atoms with Gasteiger partial charge in [0, 0.05) is 6.92 Å². The second kappa shape index (κ2) is 7.21. The molecule has 0 unspecified atom stereocenters. The van der Waals surface area contributed by atoms with Crippen molar-refractivity contribution in [2.45, 2.75) is 26.0 Å². The van der Waals surface area contributed by atoms with Gasteiger partial charge in [0.15, 0.2) is 0 Å². The average molecular weight is 305 g/mol. The van der Waals surface area contributed by atoms with E-state index in [0.717, 1.165) is 5.56 Å². The van der Waals surface area contributed by atoms with Crippen molar-refractivity contribution in [2.24, 2.45) is 0 Å². The average Bonchev–Trinajstić information content (AvgIpc) is 2.91. The molecule has 1 aromatic heterocycles. The fourth-order valence-corrected chi connectivity index (χ4v) is 1.70. The molecule has 0 aliphatic carbocycles. The normalized spacial score (nSPS) is 11.7. The van der Waals surface area contributed by atoms with Gasteiger partial charge in [0.25, 0.3) is 0 Å². The van der Waals surface area contributed by atoms with Crippen LogP contribution in [0.25, 0.3) is 0 Å². The predicted molar refractivity (Wildman–Crippen MR) is 73.9 cm³/mol. The van der Waals surface area contributed by atoms with Gasteiger partial charge in [0.2, 0.25) is 11.8 Å². The Bertz CT molecular complexity index is 641. The lowest BCUT2D eigenvalue weighted by molar-refractivity contribution is -0.139. The second-order valence-electron chi connectivity index (χ2n) is 4.52. The van der Waals surface area contributed by atoms with Gasteiger partial charge < -0.3 is 19.6 Å². The first-order valence-electron chi connectivity index (χ1n) is 6.53. The molecule has 2 aromatic rings. The third-order valence-electron chi connectivity index (χ3n) is 2.75. The maximum absolute atomic E-state index is 11.7. The van der Waals surface area contributed by atoms with Gasteiger partial charge in [0.1, 0.15) is 12.6 Å². The number of carboxylic acids is 1. The van der Waals surface area contributed by atoms with Crippen LogP contribution in [-0.2, 0) is 22.6 Å². The molecule has 0 radical (unpaired) electrons. The quantitative estimate of drug-likeness (QED) is 0.826. The highest BCUT2D eigenvalue weighted by atomic mass is 16.5. The largest absolute Gasteiger partial charge is 0.480 e. The lowest BCUT2D eigenvalue weighted by Crippen LogP contribution is -2.42. The smallest absolute Gasteiger partial charge is 0.408 e. The number of alkyl carbamates (subject to hydrolysis) is 1. The number of aliphatic carboxylic acids is 1. The van der Waals surface area contributed by atoms with E-state index in [-0.39, 0.29) is 18.9 Å². The summed E-state index contributed by atoms with van der Waals surface area (Å²) in [6.45, 7) is 1.65. The van der Waals surface area contributed by atoms with Crippen molar-refractivity contribution < 1.29 is 23.8 Å². The van der Waals surface area contributed by atoms with Gasteiger partial charge in [-0.25, -0.2) is 9.59 Å². The fourth-order valence-electron chi connectivity index (χ4n) is 1.70. The van der Waals surface area contributed by atoms with Crippen molar-refractivity contribution in [1.82, 2.24) is 15.5 Å². The van der Waals surface area contributed by atoms with E-state index >= 15 is 0 Å². The molecule has 0 saturated carbocycles. The first-order valence-corrected chi connectivity index (χ1v) is 6.53. The third kappa shape index (κ3) is 4.58. The first kappa shape index (κ1) is 15.5. The molecule has 1 aromatic carbocycles. The summed E-state index contributed by atoms with van der Waals surface area (Å²) in [5.41, 5.74) is 0.803. The highest BCUT2D eigenvalue weighted by Gasteiger charge is 2.23. The van der Waals surface area contributed by atoms with Gasteiger partial charge >= 0.3 is 12.1 Å². The number of carbonyl (C=O) groups is 2. The Morgan fingerprint density at radius 3 is 2.64 bits per heavy atom. The Labute approximate surface area is 126 Å². The number of carboxylic acid groups (broad SMARTS) is 1. The van der Waals surface area contributed by atoms with Crippen LogP contribution in [0.3, 0.4) is 0 Å². The summed E-state index contributed by atoms with van der Waals surface area (Å²) in [7, 11) is 0. The summed E-state index contributed by atoms with van der Waals surface area (Å²) in [6, 6.07) is 7.86. The molecule has 0 spiro atoms. The number of hydrogen-bond donors (Lipinski definition) is 2. The molecule has 0 saturated heterocycles. The van der Waals surface area contributed by atoms with Gasteiger partial charge in [-0.15, -0.1) is 10.2 Å². The predicted octanol–water partition coefficient (Wildman–Crippen LogP) is 1.30. The van der Waals surface area contributed by atoms with E-state index in [1.165, 1.54) is 0 Å². The molecule has 2 rings (SSSR count). The van der Waals surface area contributed by atoms with Crippen molar-refractivity contribution in [1.29, 1.82) is 0 Å². The van der Waals surface area contributed by atoms with E-state index in [0.29, 0.717) is 5.89 Å². The minimum absolute atomic E-state index is 0.0542. The molecular formula is C14H15N3O5. The molecule has 116 valence electrons. The molecule has 0 bridgehead atoms. The summed E-state index contributed by atoms with van der Waals surface area (Å²) in [5, 5.41) is 18.7. The van der Waals surface area contributed by atoms with Gasteiger partial charge in [-0.05, 0) is 5.56 Å². The molecule has 2 N–H and O–H groups in total. The second-order valence-corrected chi connectivity index (χ2v) is 4.52. The van der Waals surface area contributed by atoms with Crippen LogP contribution in [0.1, 0.15) is 17.3 Å². The number of amides is 1. The minimum atomic E-state index is -1.22. The lowest BCUT2D eigenvalue weighted by Gasteiger charge is -2.12. The summed E-state index contributed by atoms with van der Waals surface area (Å²) in [4.78, 5) is 22.8. The third-order valence-corrected chi connectivity index (χ3v) is 2.75.